The molecule has 0 spiro atoms. The fourth-order valence-electron chi connectivity index (χ4n) is 5.56. The van der Waals surface area contributed by atoms with Crippen LogP contribution in [0.3, 0.4) is 0 Å². The van der Waals surface area contributed by atoms with Crippen molar-refractivity contribution in [1.82, 2.24) is 29.7 Å². The summed E-state index contributed by atoms with van der Waals surface area (Å²) in [5, 5.41) is 24.1. The van der Waals surface area contributed by atoms with E-state index in [2.05, 4.69) is 44.5 Å². The second kappa shape index (κ2) is 10.8. The number of carbonyl (C=O) groups is 1. The Kier molecular flexibility index (Phi) is 7.07. The van der Waals surface area contributed by atoms with Crippen molar-refractivity contribution < 1.29 is 24.5 Å². The van der Waals surface area contributed by atoms with Crippen LogP contribution in [-0.2, 0) is 9.47 Å². The van der Waals surface area contributed by atoms with E-state index in [1.807, 2.05) is 36.2 Å². The number of carbonyl (C=O) groups excluding carboxylic acids is 1. The Labute approximate surface area is 230 Å². The van der Waals surface area contributed by atoms with Crippen molar-refractivity contribution in [1.29, 1.82) is 0 Å². The number of alkyl carbamates (subject to hydrolysis) is 1. The molecule has 5 N–H and O–H groups in total. The van der Waals surface area contributed by atoms with E-state index < -0.39 is 30.6 Å². The van der Waals surface area contributed by atoms with Gasteiger partial charge in [-0.25, -0.2) is 19.7 Å². The number of benzene rings is 2. The quantitative estimate of drug-likeness (QED) is 0.255. The van der Waals surface area contributed by atoms with E-state index in [1.165, 1.54) is 23.8 Å². The van der Waals surface area contributed by atoms with Crippen molar-refractivity contribution in [2.45, 2.75) is 30.5 Å². The number of fused-ring (bicyclic) bond motifs is 4. The molecule has 1 amide bonds. The van der Waals surface area contributed by atoms with Gasteiger partial charge in [0, 0.05) is 25.6 Å². The third-order valence-corrected chi connectivity index (χ3v) is 7.60. The second-order valence-electron chi connectivity index (χ2n) is 10.1. The molecule has 208 valence electrons. The van der Waals surface area contributed by atoms with Gasteiger partial charge < -0.3 is 35.6 Å². The molecule has 1 aliphatic heterocycles. The summed E-state index contributed by atoms with van der Waals surface area (Å²) in [4.78, 5) is 26.7. The highest BCUT2D eigenvalue weighted by atomic mass is 16.6. The molecule has 4 aromatic rings. The first-order chi connectivity index (χ1) is 19.4. The summed E-state index contributed by atoms with van der Waals surface area (Å²) in [6, 6.07) is 16.4. The smallest absolute Gasteiger partial charge is 0.407 e. The van der Waals surface area contributed by atoms with Gasteiger partial charge in [0.15, 0.2) is 17.7 Å². The average molecular weight is 546 g/mol. The lowest BCUT2D eigenvalue weighted by atomic mass is 9.98. The largest absolute Gasteiger partial charge is 0.449 e. The van der Waals surface area contributed by atoms with Gasteiger partial charge in [0.05, 0.1) is 6.33 Å². The molecule has 0 bridgehead atoms. The van der Waals surface area contributed by atoms with Gasteiger partial charge in [0.1, 0.15) is 36.8 Å². The predicted molar refractivity (Wildman–Crippen MR) is 146 cm³/mol. The molecule has 0 radical (unpaired) electrons. The fourth-order valence-corrected chi connectivity index (χ4v) is 5.56. The summed E-state index contributed by atoms with van der Waals surface area (Å²) in [5.74, 6) is 0.216. The van der Waals surface area contributed by atoms with Gasteiger partial charge in [0.25, 0.3) is 0 Å². The van der Waals surface area contributed by atoms with E-state index in [-0.39, 0.29) is 18.3 Å². The number of amides is 1. The number of imidazole rings is 1. The van der Waals surface area contributed by atoms with Crippen LogP contribution >= 0.6 is 0 Å². The Bertz CT molecular complexity index is 1480. The van der Waals surface area contributed by atoms with Crippen molar-refractivity contribution in [3.8, 4) is 11.1 Å². The van der Waals surface area contributed by atoms with Crippen LogP contribution in [0.1, 0.15) is 23.3 Å². The van der Waals surface area contributed by atoms with Gasteiger partial charge in [-0.3, -0.25) is 4.57 Å². The van der Waals surface area contributed by atoms with Crippen molar-refractivity contribution in [2.24, 2.45) is 0 Å². The van der Waals surface area contributed by atoms with E-state index >= 15 is 0 Å². The molecule has 1 saturated heterocycles. The molecule has 6 rings (SSSR count). The molecular formula is C28H31N7O5. The summed E-state index contributed by atoms with van der Waals surface area (Å²) < 4.78 is 13.1. The van der Waals surface area contributed by atoms with Crippen LogP contribution in [0.25, 0.3) is 22.3 Å². The van der Waals surface area contributed by atoms with E-state index in [9.17, 15) is 15.0 Å². The SMILES string of the molecule is CN(CCNC(=O)OCC1c2ccccc2-c2ccccc21)CC1OC(n2cnc3c(N)ncnc32)C(O)C1O. The number of likely N-dealkylation sites (N-methyl/N-ethyl adjacent to an activating group) is 1. The van der Waals surface area contributed by atoms with Crippen LogP contribution in [0.2, 0.25) is 0 Å². The molecule has 2 aromatic heterocycles. The number of nitrogen functional groups attached to an aromatic ring is 1. The Balaban J connectivity index is 0.989. The zero-order valence-electron chi connectivity index (χ0n) is 21.9. The summed E-state index contributed by atoms with van der Waals surface area (Å²) in [6.45, 7) is 1.39. The number of hydrogen-bond donors (Lipinski definition) is 4. The molecule has 2 aromatic carbocycles. The second-order valence-corrected chi connectivity index (χ2v) is 10.1. The number of nitrogens with two attached hydrogens (primary N) is 1. The Morgan fingerprint density at radius 1 is 1.07 bits per heavy atom. The Morgan fingerprint density at radius 3 is 2.50 bits per heavy atom. The maximum atomic E-state index is 12.5. The fraction of sp³-hybridized carbons (Fsp3) is 0.357. The number of aliphatic hydroxyl groups excluding tert-OH is 2. The lowest BCUT2D eigenvalue weighted by Gasteiger charge is -2.23. The van der Waals surface area contributed by atoms with E-state index in [4.69, 9.17) is 15.2 Å². The highest BCUT2D eigenvalue weighted by Gasteiger charge is 2.44. The summed E-state index contributed by atoms with van der Waals surface area (Å²) >= 11 is 0. The number of aliphatic hydroxyl groups is 2. The molecule has 2 aliphatic rings. The predicted octanol–water partition coefficient (Wildman–Crippen LogP) is 1.50. The topological polar surface area (TPSA) is 161 Å². The molecule has 1 fully saturated rings. The van der Waals surface area contributed by atoms with Crippen LogP contribution in [0.5, 0.6) is 0 Å². The molecule has 12 nitrogen and oxygen atoms in total. The number of anilines is 1. The number of nitrogens with one attached hydrogen (secondary N) is 1. The first-order valence-electron chi connectivity index (χ1n) is 13.1. The Morgan fingerprint density at radius 2 is 1.77 bits per heavy atom. The third-order valence-electron chi connectivity index (χ3n) is 7.60. The zero-order valence-corrected chi connectivity index (χ0v) is 21.9. The maximum absolute atomic E-state index is 12.5. The normalized spacial score (nSPS) is 22.0. The van der Waals surface area contributed by atoms with Crippen molar-refractivity contribution >= 4 is 23.1 Å². The van der Waals surface area contributed by atoms with Crippen LogP contribution in [-0.4, -0.2) is 92.3 Å². The molecule has 4 unspecified atom stereocenters. The monoisotopic (exact) mass is 545 g/mol. The van der Waals surface area contributed by atoms with E-state index in [0.717, 1.165) is 11.1 Å². The lowest BCUT2D eigenvalue weighted by molar-refractivity contribution is -0.0420. The van der Waals surface area contributed by atoms with Gasteiger partial charge in [-0.1, -0.05) is 48.5 Å². The van der Waals surface area contributed by atoms with Gasteiger partial charge in [-0.2, -0.15) is 0 Å². The molecule has 12 heteroatoms. The van der Waals surface area contributed by atoms with Gasteiger partial charge in [0.2, 0.25) is 0 Å². The van der Waals surface area contributed by atoms with Crippen LogP contribution in [0.15, 0.2) is 61.2 Å². The van der Waals surface area contributed by atoms with Crippen molar-refractivity contribution in [3.63, 3.8) is 0 Å². The molecular weight excluding hydrogens is 514 g/mol. The first kappa shape index (κ1) is 26.1. The minimum atomic E-state index is -1.19. The average Bonchev–Trinajstić information content (AvgIpc) is 3.61. The minimum Gasteiger partial charge on any atom is -0.449 e. The first-order valence-corrected chi connectivity index (χ1v) is 13.1. The van der Waals surface area contributed by atoms with Crippen LogP contribution in [0, 0.1) is 0 Å². The molecule has 40 heavy (non-hydrogen) atoms. The van der Waals surface area contributed by atoms with Crippen LogP contribution < -0.4 is 11.1 Å². The molecule has 0 saturated carbocycles. The molecule has 3 heterocycles. The summed E-state index contributed by atoms with van der Waals surface area (Å²) in [6.07, 6.45) is -1.59. The van der Waals surface area contributed by atoms with Crippen LogP contribution in [0.4, 0.5) is 10.6 Å². The van der Waals surface area contributed by atoms with Crippen molar-refractivity contribution in [3.05, 3.63) is 72.3 Å². The minimum absolute atomic E-state index is 0.00304. The number of nitrogens with zero attached hydrogens (tertiary/aromatic N) is 5. The number of aromatic nitrogens is 4. The van der Waals surface area contributed by atoms with E-state index in [0.29, 0.717) is 30.8 Å². The third kappa shape index (κ3) is 4.75. The zero-order chi connectivity index (χ0) is 27.8. The van der Waals surface area contributed by atoms with Gasteiger partial charge in [-0.15, -0.1) is 0 Å². The van der Waals surface area contributed by atoms with Gasteiger partial charge >= 0.3 is 6.09 Å². The summed E-state index contributed by atoms with van der Waals surface area (Å²) in [5.41, 5.74) is 11.3. The van der Waals surface area contributed by atoms with Crippen molar-refractivity contribution in [2.75, 3.05) is 39.0 Å². The maximum Gasteiger partial charge on any atom is 0.407 e. The highest BCUT2D eigenvalue weighted by Crippen LogP contribution is 2.44. The number of ether oxygens (including phenoxy) is 2. The summed E-state index contributed by atoms with van der Waals surface area (Å²) in [7, 11) is 1.84. The number of hydrogen-bond acceptors (Lipinski definition) is 10. The standard InChI is InChI=1S/C28H31N7O5/c1-34(12-21-23(36)24(37)27(40-21)35-15-33-22-25(29)31-14-32-26(22)35)11-10-30-28(38)39-13-20-18-8-4-2-6-16(18)17-7-3-5-9-19(17)20/h2-9,14-15,20-21,23-24,27,36-37H,10-13H2,1H3,(H,30,38)(H2,29,31,32). The lowest BCUT2D eigenvalue weighted by Crippen LogP contribution is -2.41. The number of rotatable bonds is 8. The highest BCUT2D eigenvalue weighted by molar-refractivity contribution is 5.81. The molecule has 1 aliphatic carbocycles. The Hall–Kier alpha value is -4.10. The van der Waals surface area contributed by atoms with E-state index in [1.54, 1.807) is 4.57 Å². The molecule has 4 atom stereocenters. The van der Waals surface area contributed by atoms with Gasteiger partial charge in [-0.05, 0) is 29.3 Å².